The molecule has 1 heterocycles. The smallest absolute Gasteiger partial charge is 0.323 e. The van der Waals surface area contributed by atoms with Crippen LogP contribution in [0.5, 0.6) is 0 Å². The number of benzene rings is 1. The molecule has 0 aliphatic rings. The van der Waals surface area contributed by atoms with Crippen LogP contribution in [0.3, 0.4) is 0 Å². The lowest BCUT2D eigenvalue weighted by atomic mass is 10.2. The maximum Gasteiger partial charge on any atom is 0.323 e. The van der Waals surface area contributed by atoms with Gasteiger partial charge in [0.2, 0.25) is 0 Å². The number of amides is 1. The van der Waals surface area contributed by atoms with Gasteiger partial charge < -0.3 is 10.0 Å². The Morgan fingerprint density at radius 1 is 1.30 bits per heavy atom. The molecule has 2 rings (SSSR count). The summed E-state index contributed by atoms with van der Waals surface area (Å²) in [5.74, 6) is -1.85. The van der Waals surface area contributed by atoms with Crippen molar-refractivity contribution in [1.29, 1.82) is 0 Å². The molecule has 2 aromatic rings. The molecule has 0 saturated heterocycles. The summed E-state index contributed by atoms with van der Waals surface area (Å²) in [6, 6.07) is 5.64. The molecule has 7 heteroatoms. The Morgan fingerprint density at radius 2 is 1.96 bits per heavy atom. The molecule has 0 spiro atoms. The van der Waals surface area contributed by atoms with Gasteiger partial charge >= 0.3 is 5.97 Å². The SMILES string of the molecule is CCc1nc(C)c(C(=O)N(CC(=O)O)Cc2ccc(F)cc2)s1. The highest BCUT2D eigenvalue weighted by Crippen LogP contribution is 2.21. The second-order valence-corrected chi connectivity index (χ2v) is 6.14. The molecule has 0 atom stereocenters. The molecule has 122 valence electrons. The third-order valence-corrected chi connectivity index (χ3v) is 4.53. The highest BCUT2D eigenvalue weighted by atomic mass is 32.1. The van der Waals surface area contributed by atoms with E-state index in [4.69, 9.17) is 5.11 Å². The van der Waals surface area contributed by atoms with E-state index in [1.807, 2.05) is 6.92 Å². The minimum absolute atomic E-state index is 0.101. The molecule has 0 fully saturated rings. The van der Waals surface area contributed by atoms with Crippen molar-refractivity contribution in [2.45, 2.75) is 26.8 Å². The van der Waals surface area contributed by atoms with E-state index in [0.717, 1.165) is 11.4 Å². The monoisotopic (exact) mass is 336 g/mol. The van der Waals surface area contributed by atoms with E-state index in [0.29, 0.717) is 16.1 Å². The molecule has 0 bridgehead atoms. The molecule has 1 N–H and O–H groups in total. The zero-order valence-electron chi connectivity index (χ0n) is 12.9. The van der Waals surface area contributed by atoms with Gasteiger partial charge in [-0.05, 0) is 31.0 Å². The van der Waals surface area contributed by atoms with Crippen molar-refractivity contribution in [3.8, 4) is 0 Å². The fraction of sp³-hybridized carbons (Fsp3) is 0.312. The van der Waals surface area contributed by atoms with Gasteiger partial charge in [0.15, 0.2) is 0 Å². The Labute approximate surface area is 137 Å². The van der Waals surface area contributed by atoms with E-state index in [-0.39, 0.29) is 18.3 Å². The van der Waals surface area contributed by atoms with Crippen LogP contribution in [0.2, 0.25) is 0 Å². The summed E-state index contributed by atoms with van der Waals surface area (Å²) in [6.07, 6.45) is 0.718. The number of halogens is 1. The fourth-order valence-corrected chi connectivity index (χ4v) is 3.09. The minimum Gasteiger partial charge on any atom is -0.480 e. The van der Waals surface area contributed by atoms with E-state index in [9.17, 15) is 14.0 Å². The number of hydrogen-bond acceptors (Lipinski definition) is 4. The van der Waals surface area contributed by atoms with Crippen molar-refractivity contribution in [2.75, 3.05) is 6.54 Å². The van der Waals surface area contributed by atoms with Crippen LogP contribution in [0.15, 0.2) is 24.3 Å². The maximum absolute atomic E-state index is 13.0. The molecule has 1 aromatic heterocycles. The molecule has 1 aromatic carbocycles. The topological polar surface area (TPSA) is 70.5 Å². The molecule has 0 unspecified atom stereocenters. The zero-order chi connectivity index (χ0) is 17.0. The number of rotatable bonds is 6. The minimum atomic E-state index is -1.10. The molecule has 0 aliphatic carbocycles. The van der Waals surface area contributed by atoms with E-state index < -0.39 is 12.5 Å². The van der Waals surface area contributed by atoms with E-state index >= 15 is 0 Å². The Kier molecular flexibility index (Phi) is 5.44. The first kappa shape index (κ1) is 17.1. The number of aromatic nitrogens is 1. The van der Waals surface area contributed by atoms with E-state index in [1.165, 1.54) is 40.5 Å². The van der Waals surface area contributed by atoms with Crippen LogP contribution in [0.25, 0.3) is 0 Å². The largest absolute Gasteiger partial charge is 0.480 e. The van der Waals surface area contributed by atoms with E-state index in [2.05, 4.69) is 4.98 Å². The van der Waals surface area contributed by atoms with Gasteiger partial charge in [0.1, 0.15) is 17.2 Å². The number of aliphatic carboxylic acids is 1. The third-order valence-electron chi connectivity index (χ3n) is 3.24. The Hall–Kier alpha value is -2.28. The summed E-state index contributed by atoms with van der Waals surface area (Å²) in [5, 5.41) is 9.89. The lowest BCUT2D eigenvalue weighted by Gasteiger charge is -2.20. The normalized spacial score (nSPS) is 10.6. The lowest BCUT2D eigenvalue weighted by molar-refractivity contribution is -0.137. The van der Waals surface area contributed by atoms with Gasteiger partial charge in [-0.15, -0.1) is 11.3 Å². The molecule has 0 aliphatic heterocycles. The second-order valence-electron chi connectivity index (χ2n) is 5.06. The summed E-state index contributed by atoms with van der Waals surface area (Å²) < 4.78 is 13.0. The number of carbonyl (C=O) groups is 2. The first-order valence-electron chi connectivity index (χ1n) is 7.12. The molecule has 0 radical (unpaired) electrons. The van der Waals surface area contributed by atoms with E-state index in [1.54, 1.807) is 6.92 Å². The first-order valence-corrected chi connectivity index (χ1v) is 7.94. The van der Waals surface area contributed by atoms with Crippen molar-refractivity contribution in [1.82, 2.24) is 9.88 Å². The first-order chi connectivity index (χ1) is 10.9. The average Bonchev–Trinajstić information content (AvgIpc) is 2.89. The second kappa shape index (κ2) is 7.32. The van der Waals surface area contributed by atoms with Crippen LogP contribution >= 0.6 is 11.3 Å². The average molecular weight is 336 g/mol. The van der Waals surface area contributed by atoms with Gasteiger partial charge in [-0.3, -0.25) is 9.59 Å². The van der Waals surface area contributed by atoms with Gasteiger partial charge in [0.05, 0.1) is 10.7 Å². The lowest BCUT2D eigenvalue weighted by Crippen LogP contribution is -2.35. The summed E-state index contributed by atoms with van der Waals surface area (Å²) in [4.78, 5) is 29.7. The molecule has 1 amide bonds. The number of aryl methyl sites for hydroxylation is 2. The summed E-state index contributed by atoms with van der Waals surface area (Å²) in [5.41, 5.74) is 1.27. The number of carbonyl (C=O) groups excluding carboxylic acids is 1. The van der Waals surface area contributed by atoms with Crippen LogP contribution in [0.4, 0.5) is 4.39 Å². The van der Waals surface area contributed by atoms with Crippen molar-refractivity contribution >= 4 is 23.2 Å². The number of hydrogen-bond donors (Lipinski definition) is 1. The molecule has 5 nitrogen and oxygen atoms in total. The van der Waals surface area contributed by atoms with Crippen molar-refractivity contribution in [2.24, 2.45) is 0 Å². The van der Waals surface area contributed by atoms with Crippen LogP contribution in [0.1, 0.15) is 32.9 Å². The number of nitrogens with zero attached hydrogens (tertiary/aromatic N) is 2. The molecule has 0 saturated carbocycles. The Bertz CT molecular complexity index is 713. The van der Waals surface area contributed by atoms with Crippen LogP contribution in [-0.4, -0.2) is 33.4 Å². The summed E-state index contributed by atoms with van der Waals surface area (Å²) in [6.45, 7) is 3.36. The third kappa shape index (κ3) is 4.35. The number of thiazole rings is 1. The van der Waals surface area contributed by atoms with Gasteiger partial charge in [0, 0.05) is 6.54 Å². The molecule has 23 heavy (non-hydrogen) atoms. The highest BCUT2D eigenvalue weighted by Gasteiger charge is 2.23. The predicted octanol–water partition coefficient (Wildman–Crippen LogP) is 2.88. The van der Waals surface area contributed by atoms with Crippen molar-refractivity contribution < 1.29 is 19.1 Å². The quantitative estimate of drug-likeness (QED) is 0.880. The Morgan fingerprint density at radius 3 is 2.48 bits per heavy atom. The fourth-order valence-electron chi connectivity index (χ4n) is 2.12. The highest BCUT2D eigenvalue weighted by molar-refractivity contribution is 7.13. The number of carboxylic acid groups (broad SMARTS) is 1. The van der Waals surface area contributed by atoms with Gasteiger partial charge in [-0.2, -0.15) is 0 Å². The van der Waals surface area contributed by atoms with Gasteiger partial charge in [-0.25, -0.2) is 9.37 Å². The van der Waals surface area contributed by atoms with Crippen LogP contribution in [-0.2, 0) is 17.8 Å². The summed E-state index contributed by atoms with van der Waals surface area (Å²) >= 11 is 1.28. The molecular weight excluding hydrogens is 319 g/mol. The standard InChI is InChI=1S/C16H17FN2O3S/c1-3-13-18-10(2)15(23-13)16(22)19(9-14(20)21)8-11-4-6-12(17)7-5-11/h4-7H,3,8-9H2,1-2H3,(H,20,21). The number of carboxylic acids is 1. The van der Waals surface area contributed by atoms with Crippen molar-refractivity contribution in [3.63, 3.8) is 0 Å². The van der Waals surface area contributed by atoms with Gasteiger partial charge in [0.25, 0.3) is 5.91 Å². The maximum atomic E-state index is 13.0. The summed E-state index contributed by atoms with van der Waals surface area (Å²) in [7, 11) is 0. The van der Waals surface area contributed by atoms with Crippen LogP contribution in [0, 0.1) is 12.7 Å². The van der Waals surface area contributed by atoms with Gasteiger partial charge in [-0.1, -0.05) is 19.1 Å². The zero-order valence-corrected chi connectivity index (χ0v) is 13.7. The molecular formula is C16H17FN2O3S. The Balaban J connectivity index is 2.26. The predicted molar refractivity (Wildman–Crippen MR) is 85.0 cm³/mol. The van der Waals surface area contributed by atoms with Crippen molar-refractivity contribution in [3.05, 3.63) is 51.2 Å². The van der Waals surface area contributed by atoms with Crippen LogP contribution < -0.4 is 0 Å².